The molecule has 1 rings (SSSR count). The van der Waals surface area contributed by atoms with Crippen LogP contribution in [0.1, 0.15) is 5.56 Å². The number of para-hydroxylation sites is 1. The summed E-state index contributed by atoms with van der Waals surface area (Å²) in [6, 6.07) is 3.78. The molecule has 84 valence electrons. The van der Waals surface area contributed by atoms with Gasteiger partial charge in [-0.25, -0.2) is 4.57 Å². The van der Waals surface area contributed by atoms with Crippen LogP contribution in [0.2, 0.25) is 0 Å². The first-order valence-electron chi connectivity index (χ1n) is 3.61. The third-order valence-corrected chi connectivity index (χ3v) is 1.84. The Kier molecular flexibility index (Phi) is 3.08. The molecule has 0 fully saturated rings. The summed E-state index contributed by atoms with van der Waals surface area (Å²) >= 11 is 0. The Bertz CT molecular complexity index is 397. The molecule has 0 aliphatic heterocycles. The SMILES string of the molecule is O=P(O)(O)Oc1ccccc1C(F)(F)F. The van der Waals surface area contributed by atoms with Crippen LogP contribution >= 0.6 is 7.82 Å². The molecule has 1 aromatic carbocycles. The second-order valence-corrected chi connectivity index (χ2v) is 3.74. The molecular formula is C7H6F3O4P. The number of hydrogen-bond acceptors (Lipinski definition) is 2. The minimum absolute atomic E-state index is 0.672. The Morgan fingerprint density at radius 1 is 1.20 bits per heavy atom. The minimum atomic E-state index is -4.98. The van der Waals surface area contributed by atoms with E-state index >= 15 is 0 Å². The second-order valence-electron chi connectivity index (χ2n) is 2.58. The quantitative estimate of drug-likeness (QED) is 0.780. The van der Waals surface area contributed by atoms with E-state index in [1.807, 2.05) is 0 Å². The van der Waals surface area contributed by atoms with Crippen molar-refractivity contribution in [2.75, 3.05) is 0 Å². The molecule has 0 atom stereocenters. The summed E-state index contributed by atoms with van der Waals surface area (Å²) in [5.41, 5.74) is -1.23. The lowest BCUT2D eigenvalue weighted by molar-refractivity contribution is -0.138. The summed E-state index contributed by atoms with van der Waals surface area (Å²) in [5, 5.41) is 0. The van der Waals surface area contributed by atoms with E-state index in [9.17, 15) is 17.7 Å². The molecule has 0 radical (unpaired) electrons. The highest BCUT2D eigenvalue weighted by Gasteiger charge is 2.35. The van der Waals surface area contributed by atoms with Crippen molar-refractivity contribution in [1.29, 1.82) is 0 Å². The first-order valence-corrected chi connectivity index (χ1v) is 5.14. The zero-order chi connectivity index (χ0) is 11.7. The van der Waals surface area contributed by atoms with Gasteiger partial charge in [-0.3, -0.25) is 9.79 Å². The number of hydrogen-bond donors (Lipinski definition) is 2. The number of phosphoric acid groups is 1. The van der Waals surface area contributed by atoms with Crippen molar-refractivity contribution in [2.24, 2.45) is 0 Å². The largest absolute Gasteiger partial charge is 0.524 e. The summed E-state index contributed by atoms with van der Waals surface area (Å²) in [6.07, 6.45) is -4.72. The van der Waals surface area contributed by atoms with E-state index in [1.54, 1.807) is 0 Å². The Morgan fingerprint density at radius 3 is 2.20 bits per heavy atom. The van der Waals surface area contributed by atoms with Crippen molar-refractivity contribution in [2.45, 2.75) is 6.18 Å². The topological polar surface area (TPSA) is 66.8 Å². The van der Waals surface area contributed by atoms with Crippen molar-refractivity contribution < 1.29 is 32.0 Å². The van der Waals surface area contributed by atoms with Gasteiger partial charge in [-0.2, -0.15) is 13.2 Å². The van der Waals surface area contributed by atoms with Gasteiger partial charge in [0.2, 0.25) is 0 Å². The maximum absolute atomic E-state index is 12.3. The predicted molar refractivity (Wildman–Crippen MR) is 44.1 cm³/mol. The summed E-state index contributed by atoms with van der Waals surface area (Å²) in [4.78, 5) is 16.8. The Labute approximate surface area is 82.5 Å². The van der Waals surface area contributed by atoms with Crippen molar-refractivity contribution in [3.8, 4) is 5.75 Å². The van der Waals surface area contributed by atoms with Gasteiger partial charge in [-0.15, -0.1) is 0 Å². The fraction of sp³-hybridized carbons (Fsp3) is 0.143. The number of phosphoric ester groups is 1. The van der Waals surface area contributed by atoms with Crippen LogP contribution in [0.3, 0.4) is 0 Å². The number of rotatable bonds is 2. The molecule has 0 aliphatic carbocycles. The van der Waals surface area contributed by atoms with Crippen LogP contribution in [0.4, 0.5) is 13.2 Å². The number of halogens is 3. The molecule has 0 bridgehead atoms. The van der Waals surface area contributed by atoms with Crippen molar-refractivity contribution in [3.63, 3.8) is 0 Å². The molecule has 1 aromatic rings. The second kappa shape index (κ2) is 3.84. The van der Waals surface area contributed by atoms with E-state index in [-0.39, 0.29) is 0 Å². The lowest BCUT2D eigenvalue weighted by Gasteiger charge is -2.13. The molecular weight excluding hydrogens is 236 g/mol. The lowest BCUT2D eigenvalue weighted by Crippen LogP contribution is -2.07. The smallest absolute Gasteiger partial charge is 0.404 e. The molecule has 0 amide bonds. The molecule has 0 aromatic heterocycles. The summed E-state index contributed by atoms with van der Waals surface area (Å²) in [5.74, 6) is -0.890. The molecule has 0 saturated heterocycles. The number of alkyl halides is 3. The Hall–Kier alpha value is -1.04. The molecule has 4 nitrogen and oxygen atoms in total. The van der Waals surface area contributed by atoms with E-state index in [0.29, 0.717) is 6.07 Å². The van der Waals surface area contributed by atoms with Gasteiger partial charge >= 0.3 is 14.0 Å². The maximum Gasteiger partial charge on any atom is 0.524 e. The Morgan fingerprint density at radius 2 is 1.73 bits per heavy atom. The van der Waals surface area contributed by atoms with Crippen molar-refractivity contribution in [3.05, 3.63) is 29.8 Å². The number of benzene rings is 1. The molecule has 2 N–H and O–H groups in total. The molecule has 0 saturated carbocycles. The van der Waals surface area contributed by atoms with Crippen LogP contribution in [-0.4, -0.2) is 9.79 Å². The van der Waals surface area contributed by atoms with Gasteiger partial charge in [-0.1, -0.05) is 12.1 Å². The van der Waals surface area contributed by atoms with E-state index in [1.165, 1.54) is 6.07 Å². The molecule has 0 unspecified atom stereocenters. The highest BCUT2D eigenvalue weighted by Crippen LogP contribution is 2.43. The average Bonchev–Trinajstić information content (AvgIpc) is 1.99. The van der Waals surface area contributed by atoms with Gasteiger partial charge in [0.25, 0.3) is 0 Å². The van der Waals surface area contributed by atoms with E-state index in [4.69, 9.17) is 9.79 Å². The lowest BCUT2D eigenvalue weighted by atomic mass is 10.2. The summed E-state index contributed by atoms with van der Waals surface area (Å²) < 4.78 is 51.2. The van der Waals surface area contributed by atoms with Gasteiger partial charge in [0.1, 0.15) is 5.75 Å². The molecule has 0 aliphatic rings. The first-order chi connectivity index (χ1) is 6.70. The molecule has 15 heavy (non-hydrogen) atoms. The van der Waals surface area contributed by atoms with Crippen LogP contribution < -0.4 is 4.52 Å². The Balaban J connectivity index is 3.14. The van der Waals surface area contributed by atoms with Crippen molar-refractivity contribution in [1.82, 2.24) is 0 Å². The van der Waals surface area contributed by atoms with Crippen molar-refractivity contribution >= 4 is 7.82 Å². The standard InChI is InChI=1S/C7H6F3O4P/c8-7(9,10)5-3-1-2-4-6(5)14-15(11,12)13/h1-4H,(H2,11,12,13). The van der Waals surface area contributed by atoms with Gasteiger partial charge in [0.05, 0.1) is 5.56 Å². The fourth-order valence-corrected chi connectivity index (χ4v) is 1.32. The fourth-order valence-electron chi connectivity index (χ4n) is 0.909. The third-order valence-electron chi connectivity index (χ3n) is 1.41. The third kappa shape index (κ3) is 3.54. The zero-order valence-electron chi connectivity index (χ0n) is 7.10. The van der Waals surface area contributed by atoms with Crippen LogP contribution in [-0.2, 0) is 10.7 Å². The minimum Gasteiger partial charge on any atom is -0.404 e. The van der Waals surface area contributed by atoms with Gasteiger partial charge < -0.3 is 4.52 Å². The van der Waals surface area contributed by atoms with Crippen LogP contribution in [0.15, 0.2) is 24.3 Å². The first kappa shape index (κ1) is 12.0. The van der Waals surface area contributed by atoms with Crippen LogP contribution in [0.5, 0.6) is 5.75 Å². The summed E-state index contributed by atoms with van der Waals surface area (Å²) in [7, 11) is -4.98. The summed E-state index contributed by atoms with van der Waals surface area (Å²) in [6.45, 7) is 0. The maximum atomic E-state index is 12.3. The molecule has 8 heteroatoms. The van der Waals surface area contributed by atoms with E-state index < -0.39 is 25.3 Å². The van der Waals surface area contributed by atoms with Gasteiger partial charge in [-0.05, 0) is 12.1 Å². The normalized spacial score (nSPS) is 12.6. The van der Waals surface area contributed by atoms with Gasteiger partial charge in [0.15, 0.2) is 0 Å². The predicted octanol–water partition coefficient (Wildman–Crippen LogP) is 2.18. The monoisotopic (exact) mass is 242 g/mol. The highest BCUT2D eigenvalue weighted by molar-refractivity contribution is 7.46. The molecule has 0 heterocycles. The average molecular weight is 242 g/mol. The van der Waals surface area contributed by atoms with E-state index in [2.05, 4.69) is 4.52 Å². The van der Waals surface area contributed by atoms with Gasteiger partial charge in [0, 0.05) is 0 Å². The zero-order valence-corrected chi connectivity index (χ0v) is 8.00. The van der Waals surface area contributed by atoms with Crippen LogP contribution in [0, 0.1) is 0 Å². The highest BCUT2D eigenvalue weighted by atomic mass is 31.2. The molecule has 0 spiro atoms. The van der Waals surface area contributed by atoms with Crippen LogP contribution in [0.25, 0.3) is 0 Å². The van der Waals surface area contributed by atoms with E-state index in [0.717, 1.165) is 12.1 Å².